The van der Waals surface area contributed by atoms with Crippen molar-refractivity contribution < 1.29 is 40.7 Å². The highest BCUT2D eigenvalue weighted by Crippen LogP contribution is 2.43. The van der Waals surface area contributed by atoms with Crippen LogP contribution in [0.15, 0.2) is 47.4 Å². The van der Waals surface area contributed by atoms with Gasteiger partial charge in [-0.15, -0.1) is 0 Å². The second-order valence-electron chi connectivity index (χ2n) is 9.70. The van der Waals surface area contributed by atoms with Crippen molar-refractivity contribution >= 4 is 27.5 Å². The number of fused-ring (bicyclic) bond motifs is 1. The van der Waals surface area contributed by atoms with Gasteiger partial charge in [0, 0.05) is 26.6 Å². The zero-order valence-corrected chi connectivity index (χ0v) is 21.5. The predicted octanol–water partition coefficient (Wildman–Crippen LogP) is 2.80. The van der Waals surface area contributed by atoms with E-state index in [2.05, 4.69) is 0 Å². The highest BCUT2D eigenvalue weighted by atomic mass is 32.2. The van der Waals surface area contributed by atoms with E-state index in [0.29, 0.717) is 13.5 Å². The molecule has 2 atom stereocenters. The number of benzene rings is 2. The Labute approximate surface area is 217 Å². The number of hydrogen-bond donors (Lipinski definition) is 1. The average molecular weight is 558 g/mol. The Kier molecular flexibility index (Phi) is 7.21. The lowest BCUT2D eigenvalue weighted by Crippen LogP contribution is -2.53. The fourth-order valence-corrected chi connectivity index (χ4v) is 6.35. The van der Waals surface area contributed by atoms with Crippen molar-refractivity contribution in [2.45, 2.75) is 48.9 Å². The molecule has 0 aromatic heterocycles. The number of alkyl halides is 3. The van der Waals surface area contributed by atoms with E-state index in [-0.39, 0.29) is 54.4 Å². The van der Waals surface area contributed by atoms with Crippen molar-refractivity contribution in [1.29, 1.82) is 0 Å². The lowest BCUT2D eigenvalue weighted by atomic mass is 9.89. The fourth-order valence-electron chi connectivity index (χ4n) is 4.64. The van der Waals surface area contributed by atoms with Crippen LogP contribution < -0.4 is 4.31 Å². The number of rotatable bonds is 5. The standard InChI is InChI=1S/C25H27F4N3O5S/c1-24(35,25(27,28)29)17-4-10-21-16(13-17)3-7-19(14-22(33)31-12-11-30(2)23(34)15-31)32(21)38(36,37)20-8-5-18(26)6-9-20/h4-6,8-10,13,19,35H,3,7,11-12,14-15H2,1-2H3/t19-,24?/m0/s1. The second-order valence-corrected chi connectivity index (χ2v) is 11.5. The van der Waals surface area contributed by atoms with Gasteiger partial charge in [0.05, 0.1) is 23.2 Å². The van der Waals surface area contributed by atoms with E-state index in [9.17, 15) is 40.7 Å². The Balaban J connectivity index is 1.74. The first-order chi connectivity index (χ1) is 17.6. The molecule has 2 amide bonds. The van der Waals surface area contributed by atoms with Gasteiger partial charge in [0.15, 0.2) is 5.60 Å². The summed E-state index contributed by atoms with van der Waals surface area (Å²) in [5.74, 6) is -1.34. The second kappa shape index (κ2) is 9.84. The molecule has 1 unspecified atom stereocenters. The number of anilines is 1. The molecule has 2 aromatic rings. The van der Waals surface area contributed by atoms with Gasteiger partial charge < -0.3 is 14.9 Å². The summed E-state index contributed by atoms with van der Waals surface area (Å²) in [6.45, 7) is 1.09. The van der Waals surface area contributed by atoms with E-state index < -0.39 is 45.1 Å². The number of hydrogen-bond acceptors (Lipinski definition) is 5. The van der Waals surface area contributed by atoms with E-state index in [1.54, 1.807) is 7.05 Å². The molecule has 2 aliphatic heterocycles. The summed E-state index contributed by atoms with van der Waals surface area (Å²) in [6, 6.07) is 6.47. The van der Waals surface area contributed by atoms with Gasteiger partial charge >= 0.3 is 6.18 Å². The summed E-state index contributed by atoms with van der Waals surface area (Å²) < 4.78 is 82.4. The first kappa shape index (κ1) is 27.8. The van der Waals surface area contributed by atoms with Crippen LogP contribution in [0.5, 0.6) is 0 Å². The van der Waals surface area contributed by atoms with Crippen molar-refractivity contribution in [3.63, 3.8) is 0 Å². The summed E-state index contributed by atoms with van der Waals surface area (Å²) in [7, 11) is -2.76. The molecular weight excluding hydrogens is 530 g/mol. The predicted molar refractivity (Wildman–Crippen MR) is 129 cm³/mol. The van der Waals surface area contributed by atoms with Gasteiger partial charge in [-0.05, 0) is 61.2 Å². The van der Waals surface area contributed by atoms with Crippen molar-refractivity contribution in [3.8, 4) is 0 Å². The van der Waals surface area contributed by atoms with Crippen LogP contribution in [0.4, 0.5) is 23.2 Å². The smallest absolute Gasteiger partial charge is 0.376 e. The molecular formula is C25H27F4N3O5S. The number of piperazine rings is 1. The maximum absolute atomic E-state index is 13.8. The molecule has 206 valence electrons. The van der Waals surface area contributed by atoms with Gasteiger partial charge in [-0.2, -0.15) is 13.2 Å². The van der Waals surface area contributed by atoms with Crippen molar-refractivity contribution in [2.75, 3.05) is 31.0 Å². The van der Waals surface area contributed by atoms with Crippen LogP contribution in [-0.4, -0.2) is 74.0 Å². The Morgan fingerprint density at radius 2 is 1.76 bits per heavy atom. The number of aliphatic hydroxyl groups is 1. The minimum absolute atomic E-state index is 0.0644. The summed E-state index contributed by atoms with van der Waals surface area (Å²) in [5.41, 5.74) is -3.30. The molecule has 8 nitrogen and oxygen atoms in total. The molecule has 1 N–H and O–H groups in total. The molecule has 0 bridgehead atoms. The van der Waals surface area contributed by atoms with E-state index in [4.69, 9.17) is 0 Å². The lowest BCUT2D eigenvalue weighted by molar-refractivity contribution is -0.258. The van der Waals surface area contributed by atoms with Crippen molar-refractivity contribution in [1.82, 2.24) is 9.80 Å². The number of likely N-dealkylation sites (N-methyl/N-ethyl adjacent to an activating group) is 1. The topological polar surface area (TPSA) is 98.2 Å². The third-order valence-electron chi connectivity index (χ3n) is 7.10. The minimum Gasteiger partial charge on any atom is -0.376 e. The maximum atomic E-state index is 13.8. The van der Waals surface area contributed by atoms with E-state index in [1.165, 1.54) is 15.9 Å². The first-order valence-corrected chi connectivity index (χ1v) is 13.3. The number of carbonyl (C=O) groups excluding carboxylic acids is 2. The van der Waals surface area contributed by atoms with Crippen molar-refractivity contribution in [3.05, 3.63) is 59.4 Å². The molecule has 0 aliphatic carbocycles. The van der Waals surface area contributed by atoms with Crippen LogP contribution in [0.25, 0.3) is 0 Å². The number of carbonyl (C=O) groups is 2. The third-order valence-corrected chi connectivity index (χ3v) is 8.98. The van der Waals surface area contributed by atoms with E-state index in [0.717, 1.165) is 40.7 Å². The van der Waals surface area contributed by atoms with Gasteiger partial charge in [0.1, 0.15) is 5.82 Å². The molecule has 2 aromatic carbocycles. The van der Waals surface area contributed by atoms with E-state index >= 15 is 0 Å². The monoisotopic (exact) mass is 557 g/mol. The van der Waals surface area contributed by atoms with Crippen LogP contribution in [0.1, 0.15) is 30.9 Å². The highest BCUT2D eigenvalue weighted by Gasteiger charge is 2.51. The average Bonchev–Trinajstić information content (AvgIpc) is 2.84. The van der Waals surface area contributed by atoms with Gasteiger partial charge in [-0.3, -0.25) is 13.9 Å². The number of aryl methyl sites for hydroxylation is 1. The molecule has 2 aliphatic rings. The number of amides is 2. The molecule has 0 radical (unpaired) electrons. The highest BCUT2D eigenvalue weighted by molar-refractivity contribution is 7.92. The summed E-state index contributed by atoms with van der Waals surface area (Å²) in [4.78, 5) is 27.8. The lowest BCUT2D eigenvalue weighted by Gasteiger charge is -2.40. The number of sulfonamides is 1. The Morgan fingerprint density at radius 1 is 1.11 bits per heavy atom. The van der Waals surface area contributed by atoms with Crippen LogP contribution >= 0.6 is 0 Å². The van der Waals surface area contributed by atoms with Crippen LogP contribution in [0.2, 0.25) is 0 Å². The van der Waals surface area contributed by atoms with Crippen LogP contribution in [0.3, 0.4) is 0 Å². The third kappa shape index (κ3) is 5.08. The summed E-state index contributed by atoms with van der Waals surface area (Å²) >= 11 is 0. The first-order valence-electron chi connectivity index (χ1n) is 11.9. The molecule has 13 heteroatoms. The molecule has 38 heavy (non-hydrogen) atoms. The normalized spacial score (nSPS) is 20.2. The Bertz CT molecular complexity index is 1350. The molecule has 1 fully saturated rings. The van der Waals surface area contributed by atoms with E-state index in [1.807, 2.05) is 0 Å². The van der Waals surface area contributed by atoms with Crippen LogP contribution in [0, 0.1) is 5.82 Å². The SMILES string of the molecule is CN1CCN(C(=O)C[C@@H]2CCc3cc(C(C)(O)C(F)(F)F)ccc3N2S(=O)(=O)c2ccc(F)cc2)CC1=O. The largest absolute Gasteiger partial charge is 0.421 e. The minimum atomic E-state index is -4.97. The fraction of sp³-hybridized carbons (Fsp3) is 0.440. The molecule has 1 saturated heterocycles. The molecule has 0 spiro atoms. The van der Waals surface area contributed by atoms with Gasteiger partial charge in [0.2, 0.25) is 11.8 Å². The quantitative estimate of drug-likeness (QED) is 0.571. The van der Waals surface area contributed by atoms with Gasteiger partial charge in [-0.1, -0.05) is 12.1 Å². The van der Waals surface area contributed by atoms with Gasteiger partial charge in [0.25, 0.3) is 10.0 Å². The molecule has 4 rings (SSSR count). The van der Waals surface area contributed by atoms with Crippen LogP contribution in [-0.2, 0) is 31.6 Å². The maximum Gasteiger partial charge on any atom is 0.421 e. The van der Waals surface area contributed by atoms with Gasteiger partial charge in [-0.25, -0.2) is 12.8 Å². The molecule has 0 saturated carbocycles. The number of halogens is 4. The number of nitrogens with zero attached hydrogens (tertiary/aromatic N) is 3. The molecule has 2 heterocycles. The zero-order chi connectivity index (χ0) is 28.0. The summed E-state index contributed by atoms with van der Waals surface area (Å²) in [5, 5.41) is 10.1. The summed E-state index contributed by atoms with van der Waals surface area (Å²) in [6.07, 6.45) is -4.99. The van der Waals surface area contributed by atoms with Crippen molar-refractivity contribution in [2.24, 2.45) is 0 Å². The Morgan fingerprint density at radius 3 is 2.37 bits per heavy atom. The zero-order valence-electron chi connectivity index (χ0n) is 20.7. The Hall–Kier alpha value is -3.19.